The fourth-order valence-electron chi connectivity index (χ4n) is 3.85. The molecule has 0 fully saturated rings. The van der Waals surface area contributed by atoms with Gasteiger partial charge in [0.15, 0.2) is 0 Å². The van der Waals surface area contributed by atoms with Crippen molar-refractivity contribution in [2.45, 2.75) is 91.1 Å². The van der Waals surface area contributed by atoms with Gasteiger partial charge in [-0.25, -0.2) is 0 Å². The van der Waals surface area contributed by atoms with E-state index in [1.165, 1.54) is 38.5 Å². The predicted molar refractivity (Wildman–Crippen MR) is 125 cm³/mol. The Bertz CT molecular complexity index is 505. The van der Waals surface area contributed by atoms with Gasteiger partial charge in [-0.1, -0.05) is 53.1 Å². The van der Waals surface area contributed by atoms with Crippen LogP contribution in [0.5, 0.6) is 0 Å². The summed E-state index contributed by atoms with van der Waals surface area (Å²) in [6.45, 7) is 16.2. The molecule has 0 bridgehead atoms. The van der Waals surface area contributed by atoms with Crippen LogP contribution in [0, 0.1) is 6.67 Å². The van der Waals surface area contributed by atoms with Crippen molar-refractivity contribution in [3.05, 3.63) is 48.6 Å². The first kappa shape index (κ1) is 29.0. The van der Waals surface area contributed by atoms with Gasteiger partial charge in [-0.05, 0) is 63.1 Å². The number of hydrogen-bond donors (Lipinski definition) is 0. The van der Waals surface area contributed by atoms with E-state index in [-0.39, 0.29) is 15.9 Å². The van der Waals surface area contributed by atoms with Gasteiger partial charge in [-0.2, -0.15) is 6.67 Å². The Labute approximate surface area is 200 Å². The Morgan fingerprint density at radius 2 is 1.24 bits per heavy atom. The van der Waals surface area contributed by atoms with E-state index in [0.717, 1.165) is 0 Å². The summed E-state index contributed by atoms with van der Waals surface area (Å²) < 4.78 is 0. The Kier molecular flexibility index (Phi) is 15.8. The number of pyridine rings is 1. The normalized spacial score (nSPS) is 13.7. The van der Waals surface area contributed by atoms with Crippen LogP contribution in [-0.4, -0.2) is 25.9 Å². The van der Waals surface area contributed by atoms with Crippen LogP contribution in [0.3, 0.4) is 0 Å². The van der Waals surface area contributed by atoms with Crippen molar-refractivity contribution in [1.82, 2.24) is 14.8 Å². The third-order valence-corrected chi connectivity index (χ3v) is 6.53. The van der Waals surface area contributed by atoms with E-state index < -0.39 is 0 Å². The van der Waals surface area contributed by atoms with Crippen molar-refractivity contribution in [3.63, 3.8) is 0 Å². The fraction of sp³-hybridized carbons (Fsp3) is 0.636. The van der Waals surface area contributed by atoms with Crippen LogP contribution in [0.2, 0.25) is 5.02 Å². The zero-order valence-electron chi connectivity index (χ0n) is 18.6. The first-order chi connectivity index (χ1) is 13.9. The molecule has 0 amide bonds. The topological polar surface area (TPSA) is 19.4 Å². The van der Waals surface area contributed by atoms with E-state index in [0.29, 0.717) is 16.1 Å². The number of aromatic nitrogens is 1. The number of hydrogen-bond acceptors (Lipinski definition) is 3. The van der Waals surface area contributed by atoms with Gasteiger partial charge >= 0.3 is 35.0 Å². The molecule has 0 spiro atoms. The summed E-state index contributed by atoms with van der Waals surface area (Å²) in [5.41, 5.74) is 0.596. The fourth-order valence-corrected chi connectivity index (χ4v) is 3.98. The van der Waals surface area contributed by atoms with Gasteiger partial charge in [-0.15, -0.1) is 0 Å². The van der Waals surface area contributed by atoms with Crippen LogP contribution >= 0.6 is 30.7 Å². The van der Waals surface area contributed by atoms with Crippen LogP contribution in [0.4, 0.5) is 0 Å². The Hall–Kier alpha value is 0.0223. The van der Waals surface area contributed by atoms with E-state index in [2.05, 4.69) is 75.4 Å². The molecule has 2 rings (SSSR count). The molecular weight excluding hydrogens is 519 g/mol. The van der Waals surface area contributed by atoms with Gasteiger partial charge in [0.05, 0.1) is 5.02 Å². The van der Waals surface area contributed by atoms with Gasteiger partial charge < -0.3 is 9.80 Å². The van der Waals surface area contributed by atoms with E-state index in [4.69, 9.17) is 30.7 Å². The molecule has 0 radical (unpaired) electrons. The second-order valence-corrected chi connectivity index (χ2v) is 9.81. The van der Waals surface area contributed by atoms with E-state index in [9.17, 15) is 0 Å². The van der Waals surface area contributed by atoms with Crippen LogP contribution in [0.15, 0.2) is 36.9 Å². The first-order valence-corrected chi connectivity index (χ1v) is 14.7. The number of rotatable bonds is 8. The van der Waals surface area contributed by atoms with Crippen molar-refractivity contribution < 1.29 is 15.9 Å². The average Bonchev–Trinajstić information content (AvgIpc) is 3.24. The molecule has 1 aliphatic rings. The summed E-state index contributed by atoms with van der Waals surface area (Å²) >= 11 is 5.37. The van der Waals surface area contributed by atoms with Gasteiger partial charge in [0, 0.05) is 23.5 Å². The maximum absolute atomic E-state index is 5.48. The van der Waals surface area contributed by atoms with E-state index >= 15 is 0 Å². The molecule has 1 aliphatic heterocycles. The molecule has 0 saturated carbocycles. The first-order valence-electron chi connectivity index (χ1n) is 10.4. The zero-order chi connectivity index (χ0) is 22.3. The molecule has 3 nitrogen and oxygen atoms in total. The average molecular weight is 556 g/mol. The summed E-state index contributed by atoms with van der Waals surface area (Å²) in [6, 6.07) is 3.58. The van der Waals surface area contributed by atoms with Crippen LogP contribution in [-0.2, 0) is 15.9 Å². The Balaban J connectivity index is 0.000000643. The van der Waals surface area contributed by atoms with Crippen molar-refractivity contribution in [2.75, 3.05) is 0 Å². The summed E-state index contributed by atoms with van der Waals surface area (Å²) in [5, 5.41) is 0.683. The molecule has 2 heterocycles. The van der Waals surface area contributed by atoms with Crippen LogP contribution < -0.4 is 0 Å². The van der Waals surface area contributed by atoms with E-state index in [1.54, 1.807) is 24.5 Å². The molecule has 172 valence electrons. The molecule has 0 aromatic carbocycles. The third-order valence-electron chi connectivity index (χ3n) is 6.31. The molecule has 1 aromatic heterocycles. The minimum absolute atomic E-state index is 0.106. The second kappa shape index (κ2) is 15.8. The molecule has 7 heteroatoms. The SMILES string of the molecule is CCC(CC)(CC)N1C=CN(C(CC)(CC)CC)[CH-]1.Clc1cccnc1.[Cl][Pd][Cl]. The number of nitrogens with zero attached hydrogens (tertiary/aromatic N) is 3. The van der Waals surface area contributed by atoms with Gasteiger partial charge in [-0.3, -0.25) is 4.98 Å². The predicted octanol–water partition coefficient (Wildman–Crippen LogP) is 8.24. The third kappa shape index (κ3) is 8.58. The molecular formula is C22H37Cl3N3Pd-. The summed E-state index contributed by atoms with van der Waals surface area (Å²) in [7, 11) is 9.63. The van der Waals surface area contributed by atoms with Crippen molar-refractivity contribution in [1.29, 1.82) is 0 Å². The molecule has 29 heavy (non-hydrogen) atoms. The van der Waals surface area contributed by atoms with E-state index in [1.807, 2.05) is 0 Å². The molecule has 0 N–H and O–H groups in total. The zero-order valence-corrected chi connectivity index (χ0v) is 22.4. The summed E-state index contributed by atoms with van der Waals surface area (Å²) in [6.07, 6.45) is 15.1. The molecule has 1 aromatic rings. The van der Waals surface area contributed by atoms with Crippen LogP contribution in [0.25, 0.3) is 0 Å². The van der Waals surface area contributed by atoms with Crippen molar-refractivity contribution in [2.24, 2.45) is 0 Å². The Morgan fingerprint density at radius 1 is 0.862 bits per heavy atom. The summed E-state index contributed by atoms with van der Waals surface area (Å²) in [5.74, 6) is 0. The Morgan fingerprint density at radius 3 is 1.45 bits per heavy atom. The van der Waals surface area contributed by atoms with Gasteiger partial charge in [0.25, 0.3) is 0 Å². The molecule has 0 atom stereocenters. The number of halogens is 3. The molecule has 0 aliphatic carbocycles. The second-order valence-electron chi connectivity index (χ2n) is 7.01. The summed E-state index contributed by atoms with van der Waals surface area (Å²) in [4.78, 5) is 8.67. The van der Waals surface area contributed by atoms with Crippen LogP contribution in [0.1, 0.15) is 80.1 Å². The minimum atomic E-state index is -0.106. The van der Waals surface area contributed by atoms with Gasteiger partial charge in [0.2, 0.25) is 0 Å². The molecule has 0 saturated heterocycles. The van der Waals surface area contributed by atoms with Gasteiger partial charge in [0.1, 0.15) is 0 Å². The standard InChI is InChI=1S/C17H33N2.C5H4ClN.2ClH.Pd/c1-7-16(8-2,9-3)18-13-14-19(15-18)17(10-4,11-5)12-6;6-5-2-1-3-7-4-5;;;/h13-15H,7-12H2,1-6H3;1-4H;2*1H;/q-1;;;;+2/p-2. The maximum atomic E-state index is 5.48. The van der Waals surface area contributed by atoms with Crippen molar-refractivity contribution >= 4 is 30.7 Å². The van der Waals surface area contributed by atoms with Crippen molar-refractivity contribution in [3.8, 4) is 0 Å². The monoisotopic (exact) mass is 554 g/mol. The quantitative estimate of drug-likeness (QED) is 0.238. The molecule has 0 unspecified atom stereocenters.